The van der Waals surface area contributed by atoms with Crippen molar-refractivity contribution in [2.75, 3.05) is 25.1 Å². The molecule has 2 aliphatic heterocycles. The fourth-order valence-corrected chi connectivity index (χ4v) is 5.65. The molecule has 0 unspecified atom stereocenters. The average Bonchev–Trinajstić information content (AvgIpc) is 3.50. The van der Waals surface area contributed by atoms with Gasteiger partial charge in [0.25, 0.3) is 5.91 Å². The molecule has 2 saturated heterocycles. The quantitative estimate of drug-likeness (QED) is 0.310. The summed E-state index contributed by atoms with van der Waals surface area (Å²) in [6, 6.07) is 1.51. The Labute approximate surface area is 206 Å². The average molecular weight is 521 g/mol. The van der Waals surface area contributed by atoms with E-state index in [1.807, 2.05) is 0 Å². The van der Waals surface area contributed by atoms with E-state index in [1.54, 1.807) is 30.2 Å². The first-order chi connectivity index (χ1) is 17.0. The van der Waals surface area contributed by atoms with Gasteiger partial charge in [-0.1, -0.05) is 0 Å². The summed E-state index contributed by atoms with van der Waals surface area (Å²) in [5, 5.41) is 29.2. The number of nitrogens with one attached hydrogen (secondary N) is 1. The fourth-order valence-electron chi connectivity index (χ4n) is 4.78. The predicted octanol–water partition coefficient (Wildman–Crippen LogP) is -1.43. The fraction of sp³-hybridized carbons (Fsp3) is 0.524. The number of rotatable bonds is 5. The highest BCUT2D eigenvalue weighted by Crippen LogP contribution is 2.38. The molecule has 36 heavy (non-hydrogen) atoms. The van der Waals surface area contributed by atoms with Crippen molar-refractivity contribution in [3.8, 4) is 11.3 Å². The van der Waals surface area contributed by atoms with E-state index in [1.165, 1.54) is 15.2 Å². The summed E-state index contributed by atoms with van der Waals surface area (Å²) in [5.41, 5.74) is 7.70. The van der Waals surface area contributed by atoms with Crippen LogP contribution in [-0.4, -0.2) is 96.9 Å². The number of nitrogen functional groups attached to an aromatic ring is 1. The molecule has 0 radical (unpaired) electrons. The van der Waals surface area contributed by atoms with Crippen molar-refractivity contribution in [2.45, 2.75) is 43.4 Å². The number of carbonyl (C=O) groups is 1. The molecule has 15 heteroatoms. The van der Waals surface area contributed by atoms with Gasteiger partial charge in [-0.15, -0.1) is 0 Å². The van der Waals surface area contributed by atoms with Crippen LogP contribution < -0.4 is 11.1 Å². The van der Waals surface area contributed by atoms with E-state index in [0.29, 0.717) is 35.1 Å². The molecule has 0 spiro atoms. The van der Waals surface area contributed by atoms with Gasteiger partial charge in [0.15, 0.2) is 12.3 Å². The lowest BCUT2D eigenvalue weighted by atomic mass is 10.1. The Morgan fingerprint density at radius 2 is 1.94 bits per heavy atom. The Balaban J connectivity index is 1.37. The number of nitrogens with two attached hydrogens (primary N) is 1. The number of ether oxygens (including phenoxy) is 1. The van der Waals surface area contributed by atoms with Gasteiger partial charge in [-0.25, -0.2) is 22.7 Å². The number of aliphatic hydroxyl groups is 2. The van der Waals surface area contributed by atoms with Gasteiger partial charge in [-0.05, 0) is 18.9 Å². The molecule has 0 aliphatic carbocycles. The lowest BCUT2D eigenvalue weighted by Crippen LogP contribution is -2.50. The van der Waals surface area contributed by atoms with Crippen molar-refractivity contribution in [3.05, 3.63) is 24.8 Å². The third kappa shape index (κ3) is 4.32. The first-order valence-electron chi connectivity index (χ1n) is 11.4. The molecule has 5 heterocycles. The van der Waals surface area contributed by atoms with Crippen molar-refractivity contribution < 1.29 is 28.2 Å². The summed E-state index contributed by atoms with van der Waals surface area (Å²) in [7, 11) is -1.52. The van der Waals surface area contributed by atoms with Gasteiger partial charge in [-0.2, -0.15) is 5.10 Å². The van der Waals surface area contributed by atoms with Crippen LogP contribution in [0, 0.1) is 0 Å². The minimum Gasteiger partial charge on any atom is -0.387 e. The molecule has 2 fully saturated rings. The number of aliphatic hydroxyl groups excluding tert-OH is 2. The minimum atomic E-state index is -3.29. The number of hydrogen-bond acceptors (Lipinski definition) is 10. The SMILES string of the molecule is Cn1ccc(-c2cn([C@@H]3O[C@H](C(=O)NC4CCN(S(C)(=O)=O)CC4)[C@@H](O)[C@H]3O)c3ncnc(N)c23)n1. The van der Waals surface area contributed by atoms with Crippen molar-refractivity contribution in [1.29, 1.82) is 0 Å². The Bertz CT molecular complexity index is 1400. The number of fused-ring (bicyclic) bond motifs is 1. The number of nitrogens with zero attached hydrogens (tertiary/aromatic N) is 6. The zero-order valence-electron chi connectivity index (χ0n) is 19.7. The maximum absolute atomic E-state index is 13.0. The van der Waals surface area contributed by atoms with E-state index in [2.05, 4.69) is 20.4 Å². The normalized spacial score (nSPS) is 26.0. The maximum Gasteiger partial charge on any atom is 0.252 e. The first-order valence-corrected chi connectivity index (χ1v) is 13.3. The van der Waals surface area contributed by atoms with Gasteiger partial charge in [0.05, 0.1) is 17.3 Å². The lowest BCUT2D eigenvalue weighted by Gasteiger charge is -2.31. The smallest absolute Gasteiger partial charge is 0.252 e. The standard InChI is InChI=1S/C21H28N8O6S/c1-27-6-5-13(26-27)12-9-29(19-14(12)18(22)23-10-24-19)21-16(31)15(30)17(35-21)20(32)25-11-3-7-28(8-4-11)36(2,33)34/h5-6,9-11,15-17,21,30-31H,3-4,7-8H2,1-2H3,(H,25,32)(H2,22,23,24)/t15-,16+,17-,21+/m0/s1. The number of carbonyl (C=O) groups excluding carboxylic acids is 1. The molecule has 14 nitrogen and oxygen atoms in total. The van der Waals surface area contributed by atoms with Crippen LogP contribution in [0.25, 0.3) is 22.3 Å². The van der Waals surface area contributed by atoms with Crippen LogP contribution in [0.3, 0.4) is 0 Å². The summed E-state index contributed by atoms with van der Waals surface area (Å²) in [4.78, 5) is 21.3. The van der Waals surface area contributed by atoms with Gasteiger partial charge in [0.1, 0.15) is 30.0 Å². The molecule has 2 aliphatic rings. The maximum atomic E-state index is 13.0. The van der Waals surface area contributed by atoms with Gasteiger partial charge < -0.3 is 30.6 Å². The van der Waals surface area contributed by atoms with E-state index in [9.17, 15) is 23.4 Å². The summed E-state index contributed by atoms with van der Waals surface area (Å²) in [6.07, 6.45) is 1.31. The Kier molecular flexibility index (Phi) is 6.20. The molecule has 0 saturated carbocycles. The Hall–Kier alpha value is -3.11. The van der Waals surface area contributed by atoms with Crippen LogP contribution in [0.1, 0.15) is 19.1 Å². The lowest BCUT2D eigenvalue weighted by molar-refractivity contribution is -0.138. The molecule has 3 aromatic heterocycles. The summed E-state index contributed by atoms with van der Waals surface area (Å²) in [5.74, 6) is -0.375. The van der Waals surface area contributed by atoms with Crippen LogP contribution >= 0.6 is 0 Å². The third-order valence-electron chi connectivity index (χ3n) is 6.67. The van der Waals surface area contributed by atoms with Gasteiger partial charge in [-0.3, -0.25) is 9.48 Å². The summed E-state index contributed by atoms with van der Waals surface area (Å²) < 4.78 is 33.8. The van der Waals surface area contributed by atoms with E-state index in [-0.39, 0.29) is 24.9 Å². The molecular formula is C21H28N8O6S. The molecule has 194 valence electrons. The molecule has 4 atom stereocenters. The Morgan fingerprint density at radius 3 is 2.58 bits per heavy atom. The van der Waals surface area contributed by atoms with E-state index < -0.39 is 40.5 Å². The number of aromatic nitrogens is 5. The number of piperidine rings is 1. The second-order valence-electron chi connectivity index (χ2n) is 9.16. The number of hydrogen-bond donors (Lipinski definition) is 4. The van der Waals surface area contributed by atoms with E-state index in [0.717, 1.165) is 6.26 Å². The van der Waals surface area contributed by atoms with Crippen LogP contribution in [0.5, 0.6) is 0 Å². The van der Waals surface area contributed by atoms with Crippen molar-refractivity contribution in [2.24, 2.45) is 7.05 Å². The van der Waals surface area contributed by atoms with Gasteiger partial charge in [0.2, 0.25) is 10.0 Å². The zero-order chi connectivity index (χ0) is 25.8. The second-order valence-corrected chi connectivity index (χ2v) is 11.1. The summed E-state index contributed by atoms with van der Waals surface area (Å²) >= 11 is 0. The van der Waals surface area contributed by atoms with Crippen LogP contribution in [0.4, 0.5) is 5.82 Å². The summed E-state index contributed by atoms with van der Waals surface area (Å²) in [6.45, 7) is 0.575. The van der Waals surface area contributed by atoms with Gasteiger partial charge >= 0.3 is 0 Å². The molecule has 5 N–H and O–H groups in total. The number of aryl methyl sites for hydroxylation is 1. The van der Waals surface area contributed by atoms with Crippen molar-refractivity contribution >= 4 is 32.8 Å². The number of anilines is 1. The molecule has 1 amide bonds. The van der Waals surface area contributed by atoms with E-state index in [4.69, 9.17) is 10.5 Å². The topological polar surface area (TPSA) is 191 Å². The number of sulfonamides is 1. The highest BCUT2D eigenvalue weighted by Gasteiger charge is 2.48. The molecule has 0 aromatic carbocycles. The van der Waals surface area contributed by atoms with E-state index >= 15 is 0 Å². The molecular weight excluding hydrogens is 492 g/mol. The Morgan fingerprint density at radius 1 is 1.22 bits per heavy atom. The highest BCUT2D eigenvalue weighted by atomic mass is 32.2. The highest BCUT2D eigenvalue weighted by molar-refractivity contribution is 7.88. The largest absolute Gasteiger partial charge is 0.387 e. The van der Waals surface area contributed by atoms with Crippen LogP contribution in [0.2, 0.25) is 0 Å². The monoisotopic (exact) mass is 520 g/mol. The van der Waals surface area contributed by atoms with Crippen molar-refractivity contribution in [3.63, 3.8) is 0 Å². The van der Waals surface area contributed by atoms with Gasteiger partial charge in [0, 0.05) is 44.1 Å². The van der Waals surface area contributed by atoms with Crippen molar-refractivity contribution in [1.82, 2.24) is 33.9 Å². The number of amides is 1. The molecule has 3 aromatic rings. The van der Waals surface area contributed by atoms with Crippen LogP contribution in [0.15, 0.2) is 24.8 Å². The zero-order valence-corrected chi connectivity index (χ0v) is 20.5. The first kappa shape index (κ1) is 24.6. The molecule has 0 bridgehead atoms. The minimum absolute atomic E-state index is 0.210. The van der Waals surface area contributed by atoms with Crippen LogP contribution in [-0.2, 0) is 26.6 Å². The molecule has 5 rings (SSSR count). The predicted molar refractivity (Wildman–Crippen MR) is 128 cm³/mol. The second kappa shape index (κ2) is 9.08. The third-order valence-corrected chi connectivity index (χ3v) is 7.97.